The van der Waals surface area contributed by atoms with E-state index in [1.165, 1.54) is 24.6 Å². The molecule has 0 spiro atoms. The summed E-state index contributed by atoms with van der Waals surface area (Å²) in [5.41, 5.74) is 3.34. The first kappa shape index (κ1) is 27.7. The van der Waals surface area contributed by atoms with Crippen LogP contribution >= 0.6 is 23.1 Å². The predicted octanol–water partition coefficient (Wildman–Crippen LogP) is 5.46. The van der Waals surface area contributed by atoms with Crippen molar-refractivity contribution in [3.63, 3.8) is 0 Å². The number of hydrogen-bond acceptors (Lipinski definition) is 9. The van der Waals surface area contributed by atoms with Crippen molar-refractivity contribution in [2.75, 3.05) is 24.3 Å². The molecule has 0 fully saturated rings. The highest BCUT2D eigenvalue weighted by Crippen LogP contribution is 2.35. The minimum atomic E-state index is -0.602. The third-order valence-electron chi connectivity index (χ3n) is 5.79. The number of carbonyl (C=O) groups excluding carboxylic acids is 3. The lowest BCUT2D eigenvalue weighted by molar-refractivity contribution is -0.115. The van der Waals surface area contributed by atoms with Gasteiger partial charge in [0.1, 0.15) is 21.0 Å². The van der Waals surface area contributed by atoms with Crippen LogP contribution in [0.4, 0.5) is 5.00 Å². The van der Waals surface area contributed by atoms with Crippen LogP contribution in [0, 0.1) is 18.3 Å². The second-order valence-corrected chi connectivity index (χ2v) is 10.4. The number of thiophene rings is 1. The van der Waals surface area contributed by atoms with Crippen molar-refractivity contribution in [2.24, 2.45) is 0 Å². The highest BCUT2D eigenvalue weighted by Gasteiger charge is 2.27. The molecule has 0 saturated carbocycles. The summed E-state index contributed by atoms with van der Waals surface area (Å²) in [6.07, 6.45) is 6.60. The SMILES string of the molecule is CCOC(=O)c1sc(NC(=O)CCSc2nc3c(cc2C#N)CCCCCC3)c(C(=O)OCC)c1C. The van der Waals surface area contributed by atoms with E-state index in [0.717, 1.165) is 48.3 Å². The third-order valence-corrected chi connectivity index (χ3v) is 7.97. The minimum Gasteiger partial charge on any atom is -0.462 e. The van der Waals surface area contributed by atoms with E-state index in [1.807, 2.05) is 6.07 Å². The first-order chi connectivity index (χ1) is 17.4. The summed E-state index contributed by atoms with van der Waals surface area (Å²) in [6.45, 7) is 5.39. The van der Waals surface area contributed by atoms with Crippen molar-refractivity contribution < 1.29 is 23.9 Å². The van der Waals surface area contributed by atoms with Crippen molar-refractivity contribution in [2.45, 2.75) is 70.7 Å². The number of nitrogens with one attached hydrogen (secondary N) is 1. The molecule has 192 valence electrons. The van der Waals surface area contributed by atoms with E-state index >= 15 is 0 Å². The summed E-state index contributed by atoms with van der Waals surface area (Å²) in [6, 6.07) is 4.20. The molecule has 0 bridgehead atoms. The fourth-order valence-corrected chi connectivity index (χ4v) is 6.05. The Kier molecular flexibility index (Phi) is 10.3. The Hall–Kier alpha value is -2.90. The standard InChI is InChI=1S/C26H31N3O5S2/c1-4-33-25(31)21-16(3)22(26(32)34-5-2)36-24(21)29-20(30)12-13-35-23-18(15-27)14-17-10-8-6-7-9-11-19(17)28-23/h14H,4-13H2,1-3H3,(H,29,30). The van der Waals surface area contributed by atoms with Gasteiger partial charge in [0.05, 0.1) is 24.3 Å². The Labute approximate surface area is 219 Å². The fraction of sp³-hybridized carbons (Fsp3) is 0.500. The molecule has 8 nitrogen and oxygen atoms in total. The number of esters is 2. The van der Waals surface area contributed by atoms with Gasteiger partial charge in [-0.05, 0) is 63.6 Å². The summed E-state index contributed by atoms with van der Waals surface area (Å²) in [5, 5.41) is 13.3. The van der Waals surface area contributed by atoms with Gasteiger partial charge in [-0.3, -0.25) is 4.79 Å². The maximum absolute atomic E-state index is 12.8. The predicted molar refractivity (Wildman–Crippen MR) is 140 cm³/mol. The number of aryl methyl sites for hydroxylation is 2. The van der Waals surface area contributed by atoms with Gasteiger partial charge < -0.3 is 14.8 Å². The minimum absolute atomic E-state index is 0.141. The lowest BCUT2D eigenvalue weighted by atomic mass is 9.96. The third kappa shape index (κ3) is 6.86. The Balaban J connectivity index is 1.70. The first-order valence-corrected chi connectivity index (χ1v) is 14.0. The molecule has 1 aliphatic rings. The van der Waals surface area contributed by atoms with Crippen LogP contribution in [-0.4, -0.2) is 41.8 Å². The second kappa shape index (κ2) is 13.4. The van der Waals surface area contributed by atoms with Gasteiger partial charge in [-0.1, -0.05) is 12.8 Å². The highest BCUT2D eigenvalue weighted by atomic mass is 32.2. The molecule has 2 heterocycles. The molecule has 2 aromatic heterocycles. The number of pyridine rings is 1. The number of ether oxygens (including phenoxy) is 2. The van der Waals surface area contributed by atoms with Crippen molar-refractivity contribution >= 4 is 45.9 Å². The van der Waals surface area contributed by atoms with Gasteiger partial charge >= 0.3 is 11.9 Å². The van der Waals surface area contributed by atoms with Crippen LogP contribution in [0.2, 0.25) is 0 Å². The Morgan fingerprint density at radius 3 is 2.50 bits per heavy atom. The number of thioether (sulfide) groups is 1. The van der Waals surface area contributed by atoms with Gasteiger partial charge in [0, 0.05) is 17.9 Å². The maximum atomic E-state index is 12.8. The van der Waals surface area contributed by atoms with E-state index in [2.05, 4.69) is 11.4 Å². The van der Waals surface area contributed by atoms with Crippen molar-refractivity contribution in [1.29, 1.82) is 5.26 Å². The Morgan fingerprint density at radius 1 is 1.11 bits per heavy atom. The normalized spacial score (nSPS) is 13.1. The summed E-state index contributed by atoms with van der Waals surface area (Å²) >= 11 is 2.38. The van der Waals surface area contributed by atoms with Gasteiger partial charge in [-0.2, -0.15) is 5.26 Å². The monoisotopic (exact) mass is 529 g/mol. The molecule has 1 N–H and O–H groups in total. The van der Waals surface area contributed by atoms with Gasteiger partial charge in [0.2, 0.25) is 5.91 Å². The number of fused-ring (bicyclic) bond motifs is 1. The van der Waals surface area contributed by atoms with Crippen molar-refractivity contribution in [3.8, 4) is 6.07 Å². The number of amides is 1. The number of aromatic nitrogens is 1. The van der Waals surface area contributed by atoms with Gasteiger partial charge in [0.15, 0.2) is 0 Å². The molecule has 0 aromatic carbocycles. The van der Waals surface area contributed by atoms with E-state index in [0.29, 0.717) is 21.9 Å². The molecule has 0 radical (unpaired) electrons. The number of rotatable bonds is 9. The molecule has 3 rings (SSSR count). The molecule has 0 unspecified atom stereocenters. The summed E-state index contributed by atoms with van der Waals surface area (Å²) in [7, 11) is 0. The number of anilines is 1. The maximum Gasteiger partial charge on any atom is 0.348 e. The summed E-state index contributed by atoms with van der Waals surface area (Å²) in [5.74, 6) is -1.05. The van der Waals surface area contributed by atoms with Crippen LogP contribution in [0.3, 0.4) is 0 Å². The molecule has 0 saturated heterocycles. The van der Waals surface area contributed by atoms with E-state index in [-0.39, 0.29) is 41.0 Å². The van der Waals surface area contributed by atoms with Crippen LogP contribution in [0.1, 0.15) is 88.4 Å². The quantitative estimate of drug-likeness (QED) is 0.336. The molecule has 1 aliphatic carbocycles. The van der Waals surface area contributed by atoms with Crippen molar-refractivity contribution in [1.82, 2.24) is 4.98 Å². The van der Waals surface area contributed by atoms with Crippen LogP contribution in [-0.2, 0) is 27.1 Å². The lowest BCUT2D eigenvalue weighted by Crippen LogP contribution is -2.15. The van der Waals surface area contributed by atoms with Gasteiger partial charge in [-0.15, -0.1) is 23.1 Å². The number of nitriles is 1. The smallest absolute Gasteiger partial charge is 0.348 e. The molecule has 0 aliphatic heterocycles. The Bertz CT molecular complexity index is 1170. The fourth-order valence-electron chi connectivity index (χ4n) is 4.03. The first-order valence-electron chi connectivity index (χ1n) is 12.2. The molecule has 10 heteroatoms. The largest absolute Gasteiger partial charge is 0.462 e. The molecule has 1 amide bonds. The van der Waals surface area contributed by atoms with Crippen molar-refractivity contribution in [3.05, 3.63) is 38.9 Å². The molecule has 0 atom stereocenters. The van der Waals surface area contributed by atoms with Gasteiger partial charge in [0.25, 0.3) is 0 Å². The molecule has 2 aromatic rings. The topological polar surface area (TPSA) is 118 Å². The number of hydrogen-bond donors (Lipinski definition) is 1. The molecular formula is C26H31N3O5S2. The van der Waals surface area contributed by atoms with E-state index in [9.17, 15) is 19.6 Å². The number of nitrogens with zero attached hydrogens (tertiary/aromatic N) is 2. The second-order valence-electron chi connectivity index (χ2n) is 8.32. The summed E-state index contributed by atoms with van der Waals surface area (Å²) in [4.78, 5) is 42.6. The van der Waals surface area contributed by atoms with Crippen LogP contribution in [0.25, 0.3) is 0 Å². The van der Waals surface area contributed by atoms with Crippen LogP contribution in [0.15, 0.2) is 11.1 Å². The number of carbonyl (C=O) groups is 3. The van der Waals surface area contributed by atoms with Crippen LogP contribution in [0.5, 0.6) is 0 Å². The summed E-state index contributed by atoms with van der Waals surface area (Å²) < 4.78 is 10.2. The zero-order valence-electron chi connectivity index (χ0n) is 20.9. The zero-order chi connectivity index (χ0) is 26.1. The molecular weight excluding hydrogens is 498 g/mol. The zero-order valence-corrected chi connectivity index (χ0v) is 22.5. The lowest BCUT2D eigenvalue weighted by Gasteiger charge is -2.15. The average molecular weight is 530 g/mol. The average Bonchev–Trinajstić information content (AvgIpc) is 3.15. The van der Waals surface area contributed by atoms with E-state index in [1.54, 1.807) is 20.8 Å². The van der Waals surface area contributed by atoms with E-state index < -0.39 is 11.9 Å². The Morgan fingerprint density at radius 2 is 1.81 bits per heavy atom. The molecule has 36 heavy (non-hydrogen) atoms. The van der Waals surface area contributed by atoms with Crippen LogP contribution < -0.4 is 5.32 Å². The van der Waals surface area contributed by atoms with Gasteiger partial charge in [-0.25, -0.2) is 14.6 Å². The highest BCUT2D eigenvalue weighted by molar-refractivity contribution is 7.99. The van der Waals surface area contributed by atoms with E-state index in [4.69, 9.17) is 14.5 Å².